The lowest BCUT2D eigenvalue weighted by Crippen LogP contribution is -2.27. The molecule has 0 atom stereocenters. The Morgan fingerprint density at radius 3 is 2.56 bits per heavy atom. The summed E-state index contributed by atoms with van der Waals surface area (Å²) in [4.78, 5) is 13.9. The SMILES string of the molecule is CCCS(=O)(=O)Nc1ccc(CCN(C)CCOc2ccc(C)c3c2CCC(=O)N3)cc1. The zero-order chi connectivity index (χ0) is 23.1. The van der Waals surface area contributed by atoms with Gasteiger partial charge in [-0.2, -0.15) is 0 Å². The second-order valence-corrected chi connectivity index (χ2v) is 10.1. The van der Waals surface area contributed by atoms with E-state index in [0.29, 0.717) is 31.6 Å². The normalized spacial score (nSPS) is 13.6. The van der Waals surface area contributed by atoms with Crippen LogP contribution in [0.3, 0.4) is 0 Å². The van der Waals surface area contributed by atoms with E-state index in [4.69, 9.17) is 4.74 Å². The van der Waals surface area contributed by atoms with Gasteiger partial charge >= 0.3 is 0 Å². The molecule has 1 amide bonds. The molecule has 7 nitrogen and oxygen atoms in total. The van der Waals surface area contributed by atoms with Crippen LogP contribution in [0.4, 0.5) is 11.4 Å². The number of nitrogens with zero attached hydrogens (tertiary/aromatic N) is 1. The molecule has 0 aromatic heterocycles. The Kier molecular flexibility index (Phi) is 8.15. The van der Waals surface area contributed by atoms with Crippen molar-refractivity contribution in [1.29, 1.82) is 0 Å². The number of carbonyl (C=O) groups excluding carboxylic acids is 1. The van der Waals surface area contributed by atoms with E-state index >= 15 is 0 Å². The molecule has 1 heterocycles. The van der Waals surface area contributed by atoms with Gasteiger partial charge in [0, 0.05) is 30.8 Å². The standard InChI is InChI=1S/C24H33N3O4S/c1-4-17-32(29,30)26-20-8-6-19(7-9-20)13-14-27(3)15-16-31-22-11-5-18(2)24-21(22)10-12-23(28)25-24/h5-9,11,26H,4,10,12-17H2,1-3H3,(H,25,28). The summed E-state index contributed by atoms with van der Waals surface area (Å²) in [6.07, 6.45) is 2.65. The Bertz CT molecular complexity index is 1040. The van der Waals surface area contributed by atoms with Crippen molar-refractivity contribution < 1.29 is 17.9 Å². The van der Waals surface area contributed by atoms with Crippen LogP contribution in [-0.2, 0) is 27.7 Å². The number of sulfonamides is 1. The second-order valence-electron chi connectivity index (χ2n) is 8.30. The third-order valence-corrected chi connectivity index (χ3v) is 7.05. The number of hydrogen-bond donors (Lipinski definition) is 2. The van der Waals surface area contributed by atoms with E-state index in [1.807, 2.05) is 50.2 Å². The van der Waals surface area contributed by atoms with Gasteiger partial charge in [-0.15, -0.1) is 0 Å². The first-order chi connectivity index (χ1) is 15.3. The summed E-state index contributed by atoms with van der Waals surface area (Å²) in [5.74, 6) is 1.03. The maximum atomic E-state index is 11.9. The maximum absolute atomic E-state index is 11.9. The number of rotatable bonds is 11. The van der Waals surface area contributed by atoms with Crippen LogP contribution in [0, 0.1) is 6.92 Å². The molecule has 2 aromatic rings. The van der Waals surface area contributed by atoms with Crippen LogP contribution in [0.25, 0.3) is 0 Å². The lowest BCUT2D eigenvalue weighted by Gasteiger charge is -2.23. The topological polar surface area (TPSA) is 87.7 Å². The number of hydrogen-bond acceptors (Lipinski definition) is 5. The third-order valence-electron chi connectivity index (χ3n) is 5.56. The molecule has 0 saturated heterocycles. The average Bonchev–Trinajstić information content (AvgIpc) is 2.75. The fourth-order valence-electron chi connectivity index (χ4n) is 3.73. The summed E-state index contributed by atoms with van der Waals surface area (Å²) in [6.45, 7) is 6.06. The number of aryl methyl sites for hydroxylation is 1. The molecule has 0 unspecified atom stereocenters. The first-order valence-electron chi connectivity index (χ1n) is 11.1. The highest BCUT2D eigenvalue weighted by atomic mass is 32.2. The van der Waals surface area contributed by atoms with E-state index in [9.17, 15) is 13.2 Å². The Hall–Kier alpha value is -2.58. The quantitative estimate of drug-likeness (QED) is 0.536. The van der Waals surface area contributed by atoms with Gasteiger partial charge in [-0.05, 0) is 62.6 Å². The first kappa shape index (κ1) is 24.1. The molecule has 0 aliphatic carbocycles. The number of ether oxygens (including phenoxy) is 1. The largest absolute Gasteiger partial charge is 0.492 e. The predicted molar refractivity (Wildman–Crippen MR) is 129 cm³/mol. The fourth-order valence-corrected chi connectivity index (χ4v) is 4.86. The molecule has 32 heavy (non-hydrogen) atoms. The van der Waals surface area contributed by atoms with Gasteiger partial charge in [-0.3, -0.25) is 9.52 Å². The lowest BCUT2D eigenvalue weighted by atomic mass is 9.98. The highest BCUT2D eigenvalue weighted by molar-refractivity contribution is 7.92. The van der Waals surface area contributed by atoms with Crippen molar-refractivity contribution >= 4 is 27.3 Å². The molecule has 1 aliphatic rings. The van der Waals surface area contributed by atoms with Gasteiger partial charge in [-0.25, -0.2) is 8.42 Å². The number of amides is 1. The van der Waals surface area contributed by atoms with Crippen molar-refractivity contribution in [2.24, 2.45) is 0 Å². The highest BCUT2D eigenvalue weighted by Gasteiger charge is 2.20. The molecule has 0 saturated carbocycles. The summed E-state index contributed by atoms with van der Waals surface area (Å²) in [6, 6.07) is 11.5. The zero-order valence-electron chi connectivity index (χ0n) is 19.1. The smallest absolute Gasteiger partial charge is 0.232 e. The molecule has 3 rings (SSSR count). The van der Waals surface area contributed by atoms with E-state index in [-0.39, 0.29) is 11.7 Å². The molecular weight excluding hydrogens is 426 g/mol. The number of fused-ring (bicyclic) bond motifs is 1. The van der Waals surface area contributed by atoms with Crippen molar-refractivity contribution in [1.82, 2.24) is 4.90 Å². The van der Waals surface area contributed by atoms with Crippen LogP contribution in [0.2, 0.25) is 0 Å². The number of nitrogens with one attached hydrogen (secondary N) is 2. The zero-order valence-corrected chi connectivity index (χ0v) is 19.9. The van der Waals surface area contributed by atoms with Crippen LogP contribution < -0.4 is 14.8 Å². The summed E-state index contributed by atoms with van der Waals surface area (Å²) >= 11 is 0. The van der Waals surface area contributed by atoms with Crippen LogP contribution in [0.5, 0.6) is 5.75 Å². The number of anilines is 2. The van der Waals surface area contributed by atoms with E-state index in [1.165, 1.54) is 0 Å². The van der Waals surface area contributed by atoms with Crippen LogP contribution in [0.1, 0.15) is 36.5 Å². The molecule has 0 spiro atoms. The molecular formula is C24H33N3O4S. The summed E-state index contributed by atoms with van der Waals surface area (Å²) in [7, 11) is -1.20. The number of likely N-dealkylation sites (N-methyl/N-ethyl adjacent to an activating group) is 1. The summed E-state index contributed by atoms with van der Waals surface area (Å²) in [5.41, 5.74) is 4.79. The molecule has 8 heteroatoms. The maximum Gasteiger partial charge on any atom is 0.232 e. The van der Waals surface area contributed by atoms with E-state index in [2.05, 4.69) is 22.0 Å². The van der Waals surface area contributed by atoms with Crippen LogP contribution in [0.15, 0.2) is 36.4 Å². The minimum absolute atomic E-state index is 0.0591. The van der Waals surface area contributed by atoms with Crippen LogP contribution in [-0.4, -0.2) is 51.7 Å². The van der Waals surface area contributed by atoms with Gasteiger partial charge in [0.1, 0.15) is 12.4 Å². The monoisotopic (exact) mass is 459 g/mol. The van der Waals surface area contributed by atoms with Crippen molar-refractivity contribution in [3.8, 4) is 5.75 Å². The van der Waals surface area contributed by atoms with Crippen molar-refractivity contribution in [3.63, 3.8) is 0 Å². The first-order valence-corrected chi connectivity index (χ1v) is 12.8. The Morgan fingerprint density at radius 2 is 1.84 bits per heavy atom. The van der Waals surface area contributed by atoms with Gasteiger partial charge in [-0.1, -0.05) is 25.1 Å². The van der Waals surface area contributed by atoms with Crippen molar-refractivity contribution in [3.05, 3.63) is 53.1 Å². The molecule has 2 N–H and O–H groups in total. The van der Waals surface area contributed by atoms with Gasteiger partial charge < -0.3 is 15.0 Å². The minimum Gasteiger partial charge on any atom is -0.492 e. The number of carbonyl (C=O) groups is 1. The Labute approximate surface area is 191 Å². The Morgan fingerprint density at radius 1 is 1.09 bits per heavy atom. The fraction of sp³-hybridized carbons (Fsp3) is 0.458. The van der Waals surface area contributed by atoms with Crippen LogP contribution >= 0.6 is 0 Å². The lowest BCUT2D eigenvalue weighted by molar-refractivity contribution is -0.116. The van der Waals surface area contributed by atoms with Crippen molar-refractivity contribution in [2.45, 2.75) is 39.5 Å². The summed E-state index contributed by atoms with van der Waals surface area (Å²) in [5, 5.41) is 2.96. The molecule has 2 aromatic carbocycles. The van der Waals surface area contributed by atoms with Gasteiger partial charge in [0.25, 0.3) is 0 Å². The van der Waals surface area contributed by atoms with Gasteiger partial charge in [0.15, 0.2) is 0 Å². The molecule has 0 fully saturated rings. The molecule has 0 bridgehead atoms. The van der Waals surface area contributed by atoms with E-state index in [1.54, 1.807) is 0 Å². The van der Waals surface area contributed by atoms with Gasteiger partial charge in [0.2, 0.25) is 15.9 Å². The predicted octanol–water partition coefficient (Wildman–Crippen LogP) is 3.58. The molecule has 174 valence electrons. The summed E-state index contributed by atoms with van der Waals surface area (Å²) < 4.78 is 32.4. The highest BCUT2D eigenvalue weighted by Crippen LogP contribution is 2.34. The van der Waals surface area contributed by atoms with Gasteiger partial charge in [0.05, 0.1) is 11.4 Å². The van der Waals surface area contributed by atoms with Crippen molar-refractivity contribution in [2.75, 3.05) is 42.5 Å². The minimum atomic E-state index is -3.26. The second kappa shape index (κ2) is 10.8. The molecule has 0 radical (unpaired) electrons. The number of benzene rings is 2. The molecule has 1 aliphatic heterocycles. The van der Waals surface area contributed by atoms with E-state index in [0.717, 1.165) is 47.6 Å². The third kappa shape index (κ3) is 6.71. The average molecular weight is 460 g/mol. The van der Waals surface area contributed by atoms with E-state index < -0.39 is 10.0 Å². The Balaban J connectivity index is 1.45.